The Kier molecular flexibility index (Phi) is 5.02. The summed E-state index contributed by atoms with van der Waals surface area (Å²) in [5.41, 5.74) is 0.369. The molecule has 0 bridgehead atoms. The molecule has 0 saturated heterocycles. The zero-order chi connectivity index (χ0) is 13.8. The van der Waals surface area contributed by atoms with Crippen LogP contribution in [0.1, 0.15) is 19.4 Å². The van der Waals surface area contributed by atoms with Crippen LogP contribution in [0.25, 0.3) is 0 Å². The average Bonchev–Trinajstić information content (AvgIpc) is 2.28. The van der Waals surface area contributed by atoms with Crippen molar-refractivity contribution in [1.82, 2.24) is 4.90 Å². The van der Waals surface area contributed by atoms with Gasteiger partial charge in [-0.15, -0.1) is 12.1 Å². The Bertz CT molecular complexity index is 387. The second kappa shape index (κ2) is 6.09. The molecule has 0 aliphatic rings. The van der Waals surface area contributed by atoms with E-state index in [2.05, 4.69) is 6.58 Å². The van der Waals surface area contributed by atoms with Crippen LogP contribution in [0.2, 0.25) is 0 Å². The summed E-state index contributed by atoms with van der Waals surface area (Å²) >= 11 is 0. The van der Waals surface area contributed by atoms with Crippen molar-refractivity contribution < 1.29 is 12.9 Å². The lowest BCUT2D eigenvalue weighted by atomic mass is 9.80. The lowest BCUT2D eigenvalue weighted by Crippen LogP contribution is -2.36. The quantitative estimate of drug-likeness (QED) is 0.699. The summed E-state index contributed by atoms with van der Waals surface area (Å²) in [5, 5.41) is 0. The largest absolute Gasteiger partial charge is 0.506 e. The molecule has 0 spiro atoms. The van der Waals surface area contributed by atoms with E-state index < -0.39 is 12.4 Å². The van der Waals surface area contributed by atoms with Crippen LogP contribution in [0.5, 0.6) is 0 Å². The maximum absolute atomic E-state index is 12.5. The molecule has 0 aliphatic heterocycles. The van der Waals surface area contributed by atoms with Gasteiger partial charge in [0.05, 0.1) is 0 Å². The Morgan fingerprint density at radius 1 is 1.22 bits per heavy atom. The van der Waals surface area contributed by atoms with Crippen molar-refractivity contribution in [3.05, 3.63) is 47.9 Å². The summed E-state index contributed by atoms with van der Waals surface area (Å²) in [6.45, 7) is 2.35. The molecule has 1 aromatic rings. The lowest BCUT2D eigenvalue weighted by molar-refractivity contribution is 0.231. The van der Waals surface area contributed by atoms with Gasteiger partial charge in [0.1, 0.15) is 0 Å². The molecular weight excluding hydrogens is 238 g/mol. The van der Waals surface area contributed by atoms with E-state index in [1.807, 2.05) is 44.2 Å². The summed E-state index contributed by atoms with van der Waals surface area (Å²) in [4.78, 5) is 1.77. The van der Waals surface area contributed by atoms with Gasteiger partial charge >= 0.3 is 6.98 Å². The van der Waals surface area contributed by atoms with Gasteiger partial charge in [-0.25, -0.2) is 0 Å². The monoisotopic (exact) mass is 256 g/mol. The molecule has 18 heavy (non-hydrogen) atoms. The van der Waals surface area contributed by atoms with Gasteiger partial charge in [-0.2, -0.15) is 0 Å². The number of hydrogen-bond acceptors (Lipinski definition) is 1. The molecule has 0 aromatic heterocycles. The van der Waals surface area contributed by atoms with E-state index in [1.165, 1.54) is 0 Å². The van der Waals surface area contributed by atoms with Crippen molar-refractivity contribution in [3.63, 3.8) is 0 Å². The van der Waals surface area contributed by atoms with E-state index in [4.69, 9.17) is 0 Å². The predicted molar refractivity (Wildman–Crippen MR) is 70.2 cm³/mol. The van der Waals surface area contributed by atoms with Crippen LogP contribution in [0, 0.1) is 0 Å². The number of rotatable bonds is 6. The van der Waals surface area contributed by atoms with Crippen LogP contribution >= 0.6 is 0 Å². The SMILES string of the molecule is C=C(CN(Cc1ccccc1)C(C)C)[B-](F)(F)F. The third-order valence-corrected chi connectivity index (χ3v) is 2.83. The van der Waals surface area contributed by atoms with Gasteiger partial charge < -0.3 is 12.9 Å². The van der Waals surface area contributed by atoms with Crippen LogP contribution in [0.3, 0.4) is 0 Å². The number of halogens is 3. The van der Waals surface area contributed by atoms with Crippen molar-refractivity contribution in [2.75, 3.05) is 6.54 Å². The van der Waals surface area contributed by atoms with E-state index in [0.717, 1.165) is 5.56 Å². The topological polar surface area (TPSA) is 3.24 Å². The maximum Gasteiger partial charge on any atom is 0.506 e. The Balaban J connectivity index is 2.70. The average molecular weight is 256 g/mol. The smallest absolute Gasteiger partial charge is 0.445 e. The van der Waals surface area contributed by atoms with Crippen LogP contribution in [0.15, 0.2) is 42.4 Å². The highest BCUT2D eigenvalue weighted by atomic mass is 19.4. The molecule has 1 rings (SSSR count). The van der Waals surface area contributed by atoms with Crippen molar-refractivity contribution in [2.45, 2.75) is 26.4 Å². The Hall–Kier alpha value is -1.23. The highest BCUT2D eigenvalue weighted by molar-refractivity contribution is 6.66. The second-order valence-electron chi connectivity index (χ2n) is 4.72. The molecule has 0 saturated carbocycles. The Morgan fingerprint density at radius 2 is 1.78 bits per heavy atom. The summed E-state index contributed by atoms with van der Waals surface area (Å²) in [6, 6.07) is 9.53. The summed E-state index contributed by atoms with van der Waals surface area (Å²) in [7, 11) is 0. The molecule has 0 aliphatic carbocycles. The second-order valence-corrected chi connectivity index (χ2v) is 4.72. The van der Waals surface area contributed by atoms with Crippen LogP contribution in [-0.2, 0) is 6.54 Å². The standard InChI is InChI=1S/C13H18BF3N/c1-11(2)18(9-12(3)14(15,16)17)10-13-7-5-4-6-8-13/h4-8,11H,3,9-10H2,1-2H3/q-1. The minimum atomic E-state index is -4.95. The van der Waals surface area contributed by atoms with Gasteiger partial charge in [-0.05, 0) is 26.0 Å². The molecule has 0 heterocycles. The van der Waals surface area contributed by atoms with Crippen LogP contribution in [-0.4, -0.2) is 24.5 Å². The minimum Gasteiger partial charge on any atom is -0.445 e. The van der Waals surface area contributed by atoms with E-state index in [9.17, 15) is 12.9 Å². The fourth-order valence-corrected chi connectivity index (χ4v) is 1.60. The molecule has 100 valence electrons. The third-order valence-electron chi connectivity index (χ3n) is 2.83. The molecule has 1 nitrogen and oxygen atoms in total. The molecule has 0 atom stereocenters. The fraction of sp³-hybridized carbons (Fsp3) is 0.385. The van der Waals surface area contributed by atoms with Gasteiger partial charge in [-0.1, -0.05) is 30.3 Å². The lowest BCUT2D eigenvalue weighted by Gasteiger charge is -2.30. The van der Waals surface area contributed by atoms with E-state index >= 15 is 0 Å². The van der Waals surface area contributed by atoms with Crippen LogP contribution < -0.4 is 0 Å². The number of benzene rings is 1. The molecule has 0 fully saturated rings. The minimum absolute atomic E-state index is 0.0418. The fourth-order valence-electron chi connectivity index (χ4n) is 1.60. The predicted octanol–water partition coefficient (Wildman–Crippen LogP) is 3.84. The first kappa shape index (κ1) is 14.8. The first-order chi connectivity index (χ1) is 8.30. The number of hydrogen-bond donors (Lipinski definition) is 0. The zero-order valence-electron chi connectivity index (χ0n) is 10.7. The third kappa shape index (κ3) is 4.57. The highest BCUT2D eigenvalue weighted by Gasteiger charge is 2.28. The Labute approximate surface area is 106 Å². The van der Waals surface area contributed by atoms with Gasteiger partial charge in [0.2, 0.25) is 0 Å². The van der Waals surface area contributed by atoms with Gasteiger partial charge in [0.25, 0.3) is 0 Å². The zero-order valence-corrected chi connectivity index (χ0v) is 10.7. The molecule has 5 heteroatoms. The van der Waals surface area contributed by atoms with Crippen molar-refractivity contribution in [1.29, 1.82) is 0 Å². The molecule has 0 unspecified atom stereocenters. The van der Waals surface area contributed by atoms with E-state index in [-0.39, 0.29) is 12.6 Å². The van der Waals surface area contributed by atoms with Crippen molar-refractivity contribution >= 4 is 6.98 Å². The first-order valence-electron chi connectivity index (χ1n) is 5.96. The molecule has 0 N–H and O–H groups in total. The van der Waals surface area contributed by atoms with Gasteiger partial charge in [0.15, 0.2) is 0 Å². The van der Waals surface area contributed by atoms with Crippen LogP contribution in [0.4, 0.5) is 12.9 Å². The molecule has 1 aromatic carbocycles. The summed E-state index contributed by atoms with van der Waals surface area (Å²) in [6.07, 6.45) is 0. The summed E-state index contributed by atoms with van der Waals surface area (Å²) in [5.74, 6) is 0. The van der Waals surface area contributed by atoms with E-state index in [0.29, 0.717) is 6.54 Å². The van der Waals surface area contributed by atoms with E-state index in [1.54, 1.807) is 4.90 Å². The molecule has 0 amide bonds. The molecule has 0 radical (unpaired) electrons. The summed E-state index contributed by atoms with van der Waals surface area (Å²) < 4.78 is 37.6. The van der Waals surface area contributed by atoms with Gasteiger partial charge in [0, 0.05) is 12.6 Å². The van der Waals surface area contributed by atoms with Gasteiger partial charge in [-0.3, -0.25) is 4.90 Å². The molecular formula is C13H18BF3N-. The normalized spacial score (nSPS) is 12.2. The highest BCUT2D eigenvalue weighted by Crippen LogP contribution is 2.21. The number of nitrogens with zero attached hydrogens (tertiary/aromatic N) is 1. The maximum atomic E-state index is 12.5. The first-order valence-corrected chi connectivity index (χ1v) is 5.96. The van der Waals surface area contributed by atoms with Crippen molar-refractivity contribution in [3.8, 4) is 0 Å². The Morgan fingerprint density at radius 3 is 2.22 bits per heavy atom. The van der Waals surface area contributed by atoms with Crippen molar-refractivity contribution in [2.24, 2.45) is 0 Å².